The van der Waals surface area contributed by atoms with Gasteiger partial charge in [0, 0.05) is 0 Å². The third kappa shape index (κ3) is 2.85. The quantitative estimate of drug-likeness (QED) is 0.564. The Labute approximate surface area is 108 Å². The molecule has 0 N–H and O–H groups in total. The molecule has 4 heteroatoms. The normalized spacial score (nSPS) is 12.4. The number of halogens is 4. The molecule has 0 amide bonds. The molecule has 18 heavy (non-hydrogen) atoms. The van der Waals surface area contributed by atoms with E-state index in [1.165, 1.54) is 0 Å². The molecule has 2 aromatic carbocycles. The SMILES string of the molecule is Fc1cc(C(Cl)Cc2ccccc2)cc(F)c1F. The lowest BCUT2D eigenvalue weighted by Crippen LogP contribution is -2.00. The minimum Gasteiger partial charge on any atom is -0.204 e. The van der Waals surface area contributed by atoms with Crippen molar-refractivity contribution in [3.05, 3.63) is 71.0 Å². The Morgan fingerprint density at radius 3 is 2.06 bits per heavy atom. The van der Waals surface area contributed by atoms with Crippen LogP contribution in [-0.2, 0) is 6.42 Å². The third-order valence-corrected chi connectivity index (χ3v) is 3.03. The summed E-state index contributed by atoms with van der Waals surface area (Å²) < 4.78 is 38.9. The molecule has 0 saturated carbocycles. The minimum absolute atomic E-state index is 0.233. The van der Waals surface area contributed by atoms with E-state index < -0.39 is 22.8 Å². The van der Waals surface area contributed by atoms with Crippen molar-refractivity contribution in [2.24, 2.45) is 0 Å². The Hall–Kier alpha value is -1.48. The van der Waals surface area contributed by atoms with Gasteiger partial charge in [-0.1, -0.05) is 30.3 Å². The van der Waals surface area contributed by atoms with Gasteiger partial charge in [0.1, 0.15) is 0 Å². The van der Waals surface area contributed by atoms with Gasteiger partial charge in [-0.2, -0.15) is 0 Å². The highest BCUT2D eigenvalue weighted by atomic mass is 35.5. The predicted molar refractivity (Wildman–Crippen MR) is 65.1 cm³/mol. The van der Waals surface area contributed by atoms with E-state index in [1.54, 1.807) is 0 Å². The summed E-state index contributed by atoms with van der Waals surface area (Å²) in [6.07, 6.45) is 0.424. The fourth-order valence-corrected chi connectivity index (χ4v) is 2.00. The average molecular weight is 271 g/mol. The molecule has 0 bridgehead atoms. The molecule has 2 aromatic rings. The van der Waals surface area contributed by atoms with E-state index in [9.17, 15) is 13.2 Å². The molecule has 0 fully saturated rings. The third-order valence-electron chi connectivity index (χ3n) is 2.63. The van der Waals surface area contributed by atoms with Crippen LogP contribution in [0.4, 0.5) is 13.2 Å². The second-order valence-electron chi connectivity index (χ2n) is 3.96. The van der Waals surface area contributed by atoms with Gasteiger partial charge >= 0.3 is 0 Å². The maximum Gasteiger partial charge on any atom is 0.194 e. The van der Waals surface area contributed by atoms with Crippen LogP contribution in [-0.4, -0.2) is 0 Å². The zero-order valence-corrected chi connectivity index (χ0v) is 10.1. The molecule has 0 heterocycles. The van der Waals surface area contributed by atoms with Crippen molar-refractivity contribution in [1.82, 2.24) is 0 Å². The van der Waals surface area contributed by atoms with E-state index in [4.69, 9.17) is 11.6 Å². The fraction of sp³-hybridized carbons (Fsp3) is 0.143. The van der Waals surface area contributed by atoms with E-state index in [1.807, 2.05) is 30.3 Å². The van der Waals surface area contributed by atoms with Crippen LogP contribution in [0.2, 0.25) is 0 Å². The summed E-state index contributed by atoms with van der Waals surface area (Å²) >= 11 is 6.08. The summed E-state index contributed by atoms with van der Waals surface area (Å²) in [7, 11) is 0. The van der Waals surface area contributed by atoms with Gasteiger partial charge in [0.15, 0.2) is 17.5 Å². The number of hydrogen-bond donors (Lipinski definition) is 0. The van der Waals surface area contributed by atoms with E-state index in [-0.39, 0.29) is 5.56 Å². The Kier molecular flexibility index (Phi) is 3.92. The molecular weight excluding hydrogens is 261 g/mol. The van der Waals surface area contributed by atoms with Crippen LogP contribution in [0.15, 0.2) is 42.5 Å². The molecule has 2 rings (SSSR count). The Bertz CT molecular complexity index is 517. The first-order valence-corrected chi connectivity index (χ1v) is 5.84. The lowest BCUT2D eigenvalue weighted by molar-refractivity contribution is 0.445. The Morgan fingerprint density at radius 1 is 0.944 bits per heavy atom. The van der Waals surface area contributed by atoms with Crippen molar-refractivity contribution in [3.63, 3.8) is 0 Å². The van der Waals surface area contributed by atoms with E-state index in [0.29, 0.717) is 6.42 Å². The first-order chi connectivity index (χ1) is 8.58. The summed E-state index contributed by atoms with van der Waals surface area (Å²) in [6.45, 7) is 0. The monoisotopic (exact) mass is 270 g/mol. The molecular formula is C14H10ClF3. The van der Waals surface area contributed by atoms with Crippen molar-refractivity contribution in [2.75, 3.05) is 0 Å². The van der Waals surface area contributed by atoms with Gasteiger partial charge < -0.3 is 0 Å². The van der Waals surface area contributed by atoms with Crippen molar-refractivity contribution < 1.29 is 13.2 Å². The van der Waals surface area contributed by atoms with Gasteiger partial charge in [0.05, 0.1) is 5.38 Å². The Balaban J connectivity index is 2.22. The summed E-state index contributed by atoms with van der Waals surface area (Å²) in [5, 5.41) is -0.600. The highest BCUT2D eigenvalue weighted by Gasteiger charge is 2.16. The average Bonchev–Trinajstić information content (AvgIpc) is 2.36. The Morgan fingerprint density at radius 2 is 1.50 bits per heavy atom. The maximum absolute atomic E-state index is 13.1. The largest absolute Gasteiger partial charge is 0.204 e. The van der Waals surface area contributed by atoms with Crippen molar-refractivity contribution >= 4 is 11.6 Å². The molecule has 0 nitrogen and oxygen atoms in total. The van der Waals surface area contributed by atoms with Crippen LogP contribution >= 0.6 is 11.6 Å². The lowest BCUT2D eigenvalue weighted by Gasteiger charge is -2.10. The first-order valence-electron chi connectivity index (χ1n) is 5.40. The molecule has 0 aliphatic carbocycles. The van der Waals surface area contributed by atoms with Gasteiger partial charge in [-0.15, -0.1) is 11.6 Å². The van der Waals surface area contributed by atoms with Crippen LogP contribution in [0.3, 0.4) is 0 Å². The van der Waals surface area contributed by atoms with Crippen molar-refractivity contribution in [1.29, 1.82) is 0 Å². The zero-order chi connectivity index (χ0) is 13.1. The first kappa shape index (κ1) is 13.0. The van der Waals surface area contributed by atoms with Gasteiger partial charge in [0.25, 0.3) is 0 Å². The lowest BCUT2D eigenvalue weighted by atomic mass is 10.0. The molecule has 0 saturated heterocycles. The highest BCUT2D eigenvalue weighted by molar-refractivity contribution is 6.20. The second kappa shape index (κ2) is 5.44. The van der Waals surface area contributed by atoms with Crippen molar-refractivity contribution in [3.8, 4) is 0 Å². The van der Waals surface area contributed by atoms with Crippen LogP contribution in [0.5, 0.6) is 0 Å². The van der Waals surface area contributed by atoms with Gasteiger partial charge in [0.2, 0.25) is 0 Å². The molecule has 0 radical (unpaired) electrons. The molecule has 1 unspecified atom stereocenters. The molecule has 0 aliphatic rings. The van der Waals surface area contributed by atoms with Crippen LogP contribution in [0, 0.1) is 17.5 Å². The number of rotatable bonds is 3. The summed E-state index contributed by atoms with van der Waals surface area (Å²) in [5.74, 6) is -3.91. The van der Waals surface area contributed by atoms with E-state index in [0.717, 1.165) is 17.7 Å². The van der Waals surface area contributed by atoms with Crippen LogP contribution in [0.1, 0.15) is 16.5 Å². The van der Waals surface area contributed by atoms with E-state index in [2.05, 4.69) is 0 Å². The highest BCUT2D eigenvalue weighted by Crippen LogP contribution is 2.27. The number of benzene rings is 2. The van der Waals surface area contributed by atoms with Gasteiger partial charge in [-0.3, -0.25) is 0 Å². The summed E-state index contributed by atoms with van der Waals surface area (Å²) in [5.41, 5.74) is 1.18. The van der Waals surface area contributed by atoms with Gasteiger partial charge in [-0.25, -0.2) is 13.2 Å². The van der Waals surface area contributed by atoms with Crippen LogP contribution < -0.4 is 0 Å². The van der Waals surface area contributed by atoms with Crippen molar-refractivity contribution in [2.45, 2.75) is 11.8 Å². The zero-order valence-electron chi connectivity index (χ0n) is 9.34. The summed E-state index contributed by atoms with van der Waals surface area (Å²) in [4.78, 5) is 0. The topological polar surface area (TPSA) is 0 Å². The van der Waals surface area contributed by atoms with Crippen LogP contribution in [0.25, 0.3) is 0 Å². The number of hydrogen-bond acceptors (Lipinski definition) is 0. The minimum atomic E-state index is -1.47. The van der Waals surface area contributed by atoms with Gasteiger partial charge in [-0.05, 0) is 29.7 Å². The second-order valence-corrected chi connectivity index (χ2v) is 4.48. The molecule has 0 aliphatic heterocycles. The number of alkyl halides is 1. The predicted octanol–water partition coefficient (Wildman–Crippen LogP) is 4.63. The fourth-order valence-electron chi connectivity index (χ4n) is 1.69. The smallest absolute Gasteiger partial charge is 0.194 e. The maximum atomic E-state index is 13.1. The molecule has 1 atom stereocenters. The molecule has 0 aromatic heterocycles. The standard InChI is InChI=1S/C14H10ClF3/c15-11(6-9-4-2-1-3-5-9)10-7-12(16)14(18)13(17)8-10/h1-5,7-8,11H,6H2. The van der Waals surface area contributed by atoms with E-state index >= 15 is 0 Å². The molecule has 94 valence electrons. The molecule has 0 spiro atoms. The summed E-state index contributed by atoms with van der Waals surface area (Å²) in [6, 6.07) is 11.2.